The van der Waals surface area contributed by atoms with Crippen LogP contribution in [0.4, 0.5) is 11.4 Å². The topological polar surface area (TPSA) is 86.3 Å². The van der Waals surface area contributed by atoms with Crippen LogP contribution in [-0.4, -0.2) is 9.85 Å². The molecule has 0 heterocycles. The summed E-state index contributed by atoms with van der Waals surface area (Å²) in [5, 5.41) is 23.6. The van der Waals surface area contributed by atoms with Gasteiger partial charge < -0.3 is 0 Å². The van der Waals surface area contributed by atoms with Gasteiger partial charge in [0.15, 0.2) is 0 Å². The molecule has 0 aliphatic heterocycles. The van der Waals surface area contributed by atoms with Crippen molar-refractivity contribution in [2.45, 2.75) is 24.7 Å². The predicted molar refractivity (Wildman–Crippen MR) is 104 cm³/mol. The summed E-state index contributed by atoms with van der Waals surface area (Å²) < 4.78 is 0. The van der Waals surface area contributed by atoms with E-state index >= 15 is 0 Å². The van der Waals surface area contributed by atoms with Gasteiger partial charge in [-0.15, -0.1) is 0 Å². The van der Waals surface area contributed by atoms with Gasteiger partial charge in [0.2, 0.25) is 0 Å². The molecule has 0 spiro atoms. The van der Waals surface area contributed by atoms with Crippen LogP contribution in [0.2, 0.25) is 0 Å². The molecule has 0 atom stereocenters. The first-order valence-electron chi connectivity index (χ1n) is 8.99. The van der Waals surface area contributed by atoms with Crippen molar-refractivity contribution in [3.8, 4) is 0 Å². The Morgan fingerprint density at radius 1 is 0.643 bits per heavy atom. The molecule has 0 amide bonds. The molecule has 6 nitrogen and oxygen atoms in total. The van der Waals surface area contributed by atoms with E-state index in [1.165, 1.54) is 6.07 Å². The minimum Gasteiger partial charge on any atom is -0.258 e. The summed E-state index contributed by atoms with van der Waals surface area (Å²) in [7, 11) is 0. The Bertz CT molecular complexity index is 1170. The van der Waals surface area contributed by atoms with Crippen molar-refractivity contribution >= 4 is 11.4 Å². The summed E-state index contributed by atoms with van der Waals surface area (Å²) in [6, 6.07) is 18.8. The lowest BCUT2D eigenvalue weighted by Crippen LogP contribution is -2.48. The molecule has 0 saturated carbocycles. The normalized spacial score (nSPS) is 23.5. The van der Waals surface area contributed by atoms with E-state index in [1.807, 2.05) is 43.3 Å². The molecular formula is C22H16N2O4. The Morgan fingerprint density at radius 2 is 1.11 bits per heavy atom. The predicted octanol–water partition coefficient (Wildman–Crippen LogP) is 4.84. The maximum Gasteiger partial charge on any atom is 0.350 e. The number of nitro benzene ring substituents is 2. The summed E-state index contributed by atoms with van der Waals surface area (Å²) in [4.78, 5) is 22.4. The van der Waals surface area contributed by atoms with Crippen LogP contribution < -0.4 is 0 Å². The summed E-state index contributed by atoms with van der Waals surface area (Å²) >= 11 is 0. The number of nitro groups is 2. The highest BCUT2D eigenvalue weighted by Gasteiger charge is 2.58. The Labute approximate surface area is 160 Å². The third-order valence-corrected chi connectivity index (χ3v) is 6.58. The Hall–Kier alpha value is -3.54. The molecule has 0 aromatic heterocycles. The van der Waals surface area contributed by atoms with Gasteiger partial charge in [-0.2, -0.15) is 0 Å². The van der Waals surface area contributed by atoms with Gasteiger partial charge in [-0.05, 0) is 41.7 Å². The smallest absolute Gasteiger partial charge is 0.258 e. The maximum atomic E-state index is 12.0. The molecule has 6 rings (SSSR count). The molecular weight excluding hydrogens is 356 g/mol. The van der Waals surface area contributed by atoms with Crippen LogP contribution >= 0.6 is 0 Å². The fourth-order valence-corrected chi connectivity index (χ4v) is 5.40. The van der Waals surface area contributed by atoms with Crippen LogP contribution in [-0.2, 0) is 10.8 Å². The molecule has 3 aliphatic rings. The molecule has 28 heavy (non-hydrogen) atoms. The molecule has 0 radical (unpaired) electrons. The molecule has 2 bridgehead atoms. The minimum absolute atomic E-state index is 0.403. The van der Waals surface area contributed by atoms with E-state index in [0.29, 0.717) is 5.56 Å². The van der Waals surface area contributed by atoms with Crippen molar-refractivity contribution in [2.75, 3.05) is 0 Å². The van der Waals surface area contributed by atoms with Crippen molar-refractivity contribution in [2.24, 2.45) is 0 Å². The lowest BCUT2D eigenvalue weighted by atomic mass is 9.48. The molecule has 3 aliphatic carbocycles. The summed E-state index contributed by atoms with van der Waals surface area (Å²) in [6.45, 7) is 4.00. The van der Waals surface area contributed by atoms with Crippen LogP contribution in [0, 0.1) is 20.2 Å². The molecule has 0 N–H and O–H groups in total. The Kier molecular flexibility index (Phi) is 2.99. The van der Waals surface area contributed by atoms with E-state index in [1.54, 1.807) is 6.07 Å². The van der Waals surface area contributed by atoms with Gasteiger partial charge in [-0.25, -0.2) is 0 Å². The van der Waals surface area contributed by atoms with Crippen LogP contribution in [0.1, 0.15) is 47.2 Å². The third-order valence-electron chi connectivity index (χ3n) is 6.58. The van der Waals surface area contributed by atoms with Crippen molar-refractivity contribution in [1.82, 2.24) is 0 Å². The number of hydrogen-bond donors (Lipinski definition) is 0. The first-order chi connectivity index (χ1) is 13.3. The second-order valence-electron chi connectivity index (χ2n) is 7.71. The largest absolute Gasteiger partial charge is 0.350 e. The van der Waals surface area contributed by atoms with Crippen LogP contribution in [0.25, 0.3) is 0 Å². The van der Waals surface area contributed by atoms with E-state index in [2.05, 4.69) is 19.1 Å². The zero-order valence-electron chi connectivity index (χ0n) is 15.3. The molecule has 3 aromatic carbocycles. The monoisotopic (exact) mass is 372 g/mol. The van der Waals surface area contributed by atoms with Gasteiger partial charge in [-0.1, -0.05) is 54.6 Å². The standard InChI is InChI=1S/C22H16N2O4/c1-21-13-7-3-5-9-15(13)22(2,16-10-6-4-8-14(16)21)19-17(21)11-12-18(23(25)26)20(19)24(27)28/h3-12H,1-2H3. The fraction of sp³-hybridized carbons (Fsp3) is 0.182. The first kappa shape index (κ1) is 16.6. The summed E-state index contributed by atoms with van der Waals surface area (Å²) in [5.41, 5.74) is 3.00. The molecule has 6 heteroatoms. The number of nitrogens with zero attached hydrogens (tertiary/aromatic N) is 2. The van der Waals surface area contributed by atoms with E-state index in [4.69, 9.17) is 0 Å². The Balaban J connectivity index is 2.05. The van der Waals surface area contributed by atoms with Gasteiger partial charge in [-0.3, -0.25) is 20.2 Å². The van der Waals surface area contributed by atoms with Crippen molar-refractivity contribution < 1.29 is 9.85 Å². The average molecular weight is 372 g/mol. The molecule has 0 saturated heterocycles. The first-order valence-corrected chi connectivity index (χ1v) is 8.99. The van der Waals surface area contributed by atoms with Crippen LogP contribution in [0.15, 0.2) is 60.7 Å². The number of hydrogen-bond acceptors (Lipinski definition) is 4. The maximum absolute atomic E-state index is 12.0. The zero-order chi connectivity index (χ0) is 19.8. The second kappa shape index (κ2) is 5.04. The van der Waals surface area contributed by atoms with Crippen molar-refractivity contribution in [3.63, 3.8) is 0 Å². The van der Waals surface area contributed by atoms with Crippen molar-refractivity contribution in [1.29, 1.82) is 0 Å². The van der Waals surface area contributed by atoms with Gasteiger partial charge in [0, 0.05) is 11.5 Å². The van der Waals surface area contributed by atoms with E-state index in [0.717, 1.165) is 27.8 Å². The van der Waals surface area contributed by atoms with Crippen LogP contribution in [0.3, 0.4) is 0 Å². The van der Waals surface area contributed by atoms with Gasteiger partial charge in [0.25, 0.3) is 0 Å². The summed E-state index contributed by atoms with van der Waals surface area (Å²) in [6.07, 6.45) is 0. The fourth-order valence-electron chi connectivity index (χ4n) is 5.40. The summed E-state index contributed by atoms with van der Waals surface area (Å²) in [5.74, 6) is 0. The quantitative estimate of drug-likeness (QED) is 0.476. The molecule has 0 unspecified atom stereocenters. The molecule has 3 aromatic rings. The van der Waals surface area contributed by atoms with E-state index in [9.17, 15) is 20.2 Å². The molecule has 138 valence electrons. The van der Waals surface area contributed by atoms with Crippen LogP contribution in [0.5, 0.6) is 0 Å². The number of rotatable bonds is 2. The molecule has 0 fully saturated rings. The highest BCUT2D eigenvalue weighted by molar-refractivity contribution is 5.80. The zero-order valence-corrected chi connectivity index (χ0v) is 15.3. The number of benzene rings is 3. The third kappa shape index (κ3) is 1.64. The second-order valence-corrected chi connectivity index (χ2v) is 7.71. The lowest BCUT2D eigenvalue weighted by molar-refractivity contribution is -0.423. The SMILES string of the molecule is CC12c3ccccc3C(C)(c3ccccc31)c1c2ccc([N+](=O)[O-])c1[N+](=O)[O-]. The van der Waals surface area contributed by atoms with E-state index < -0.39 is 32.1 Å². The highest BCUT2D eigenvalue weighted by atomic mass is 16.6. The van der Waals surface area contributed by atoms with Crippen molar-refractivity contribution in [3.05, 3.63) is 114 Å². The van der Waals surface area contributed by atoms with E-state index in [-0.39, 0.29) is 0 Å². The van der Waals surface area contributed by atoms with Gasteiger partial charge >= 0.3 is 11.4 Å². The minimum atomic E-state index is -0.839. The lowest BCUT2D eigenvalue weighted by Gasteiger charge is -2.53. The highest BCUT2D eigenvalue weighted by Crippen LogP contribution is 2.64. The van der Waals surface area contributed by atoms with Gasteiger partial charge in [0.1, 0.15) is 0 Å². The Morgan fingerprint density at radius 3 is 1.54 bits per heavy atom. The average Bonchev–Trinajstić information content (AvgIpc) is 2.70. The van der Waals surface area contributed by atoms with Gasteiger partial charge in [0.05, 0.1) is 20.8 Å².